The summed E-state index contributed by atoms with van der Waals surface area (Å²) in [5.41, 5.74) is 3.17. The van der Waals surface area contributed by atoms with Crippen LogP contribution in [0.4, 0.5) is 0 Å². The van der Waals surface area contributed by atoms with E-state index < -0.39 is 11.9 Å². The van der Waals surface area contributed by atoms with Crippen molar-refractivity contribution < 1.29 is 14.7 Å². The third-order valence-corrected chi connectivity index (χ3v) is 4.00. The number of halogens is 1. The first-order valence-electron chi connectivity index (χ1n) is 7.27. The van der Waals surface area contributed by atoms with Crippen LogP contribution in [-0.4, -0.2) is 28.1 Å². The van der Waals surface area contributed by atoms with Gasteiger partial charge in [-0.2, -0.15) is 0 Å². The third kappa shape index (κ3) is 3.74. The minimum atomic E-state index is -0.933. The second-order valence-corrected chi connectivity index (χ2v) is 5.98. The zero-order valence-electron chi connectivity index (χ0n) is 13.3. The summed E-state index contributed by atoms with van der Waals surface area (Å²) >= 11 is 5.91. The van der Waals surface area contributed by atoms with Gasteiger partial charge in [-0.1, -0.05) is 18.5 Å². The lowest BCUT2D eigenvalue weighted by Crippen LogP contribution is -2.31. The van der Waals surface area contributed by atoms with Crippen LogP contribution in [0.1, 0.15) is 28.7 Å². The number of amides is 1. The normalized spacial score (nSPS) is 12.0. The molecule has 0 fully saturated rings. The largest absolute Gasteiger partial charge is 0.481 e. The Labute approximate surface area is 139 Å². The van der Waals surface area contributed by atoms with Crippen LogP contribution in [0.25, 0.3) is 5.69 Å². The Morgan fingerprint density at radius 2 is 1.87 bits per heavy atom. The second kappa shape index (κ2) is 6.87. The van der Waals surface area contributed by atoms with E-state index >= 15 is 0 Å². The molecule has 0 aliphatic heterocycles. The Morgan fingerprint density at radius 1 is 1.26 bits per heavy atom. The summed E-state index contributed by atoms with van der Waals surface area (Å²) in [6.07, 6.45) is 0. The van der Waals surface area contributed by atoms with Crippen LogP contribution in [0.2, 0.25) is 5.02 Å². The van der Waals surface area contributed by atoms with Gasteiger partial charge < -0.3 is 15.0 Å². The van der Waals surface area contributed by atoms with Crippen LogP contribution < -0.4 is 5.32 Å². The van der Waals surface area contributed by atoms with E-state index in [1.54, 1.807) is 25.1 Å². The molecule has 2 rings (SSSR count). The molecule has 23 heavy (non-hydrogen) atoms. The SMILES string of the molecule is Cc1cc(C(=O)NCC(C)C(=O)O)c(C)n1-c1ccc(Cl)cc1. The summed E-state index contributed by atoms with van der Waals surface area (Å²) in [6, 6.07) is 9.16. The van der Waals surface area contributed by atoms with Gasteiger partial charge >= 0.3 is 5.97 Å². The number of hydrogen-bond acceptors (Lipinski definition) is 2. The Kier molecular flexibility index (Phi) is 5.11. The number of carbonyl (C=O) groups excluding carboxylic acids is 1. The fourth-order valence-electron chi connectivity index (χ4n) is 2.41. The van der Waals surface area contributed by atoms with Crippen LogP contribution in [0, 0.1) is 19.8 Å². The number of hydrogen-bond donors (Lipinski definition) is 2. The van der Waals surface area contributed by atoms with Gasteiger partial charge in [0.15, 0.2) is 0 Å². The lowest BCUT2D eigenvalue weighted by molar-refractivity contribution is -0.140. The molecule has 0 aliphatic rings. The number of aryl methyl sites for hydroxylation is 1. The van der Waals surface area contributed by atoms with E-state index in [0.717, 1.165) is 17.1 Å². The fraction of sp³-hybridized carbons (Fsp3) is 0.294. The van der Waals surface area contributed by atoms with Crippen LogP contribution in [0.3, 0.4) is 0 Å². The van der Waals surface area contributed by atoms with Gasteiger partial charge in [-0.25, -0.2) is 0 Å². The van der Waals surface area contributed by atoms with Crippen molar-refractivity contribution in [1.82, 2.24) is 9.88 Å². The van der Waals surface area contributed by atoms with E-state index in [1.807, 2.05) is 30.5 Å². The molecule has 2 aromatic rings. The average Bonchev–Trinajstić information content (AvgIpc) is 2.80. The van der Waals surface area contributed by atoms with Gasteiger partial charge in [0.1, 0.15) is 0 Å². The average molecular weight is 335 g/mol. The van der Waals surface area contributed by atoms with Gasteiger partial charge in [0.2, 0.25) is 0 Å². The van der Waals surface area contributed by atoms with E-state index in [0.29, 0.717) is 10.6 Å². The molecule has 0 saturated heterocycles. The number of nitrogens with zero attached hydrogens (tertiary/aromatic N) is 1. The van der Waals surface area contributed by atoms with Gasteiger partial charge in [-0.15, -0.1) is 0 Å². The van der Waals surface area contributed by atoms with Crippen molar-refractivity contribution in [2.24, 2.45) is 5.92 Å². The zero-order chi connectivity index (χ0) is 17.1. The Morgan fingerprint density at radius 3 is 2.43 bits per heavy atom. The summed E-state index contributed by atoms with van der Waals surface area (Å²) in [7, 11) is 0. The van der Waals surface area contributed by atoms with E-state index in [-0.39, 0.29) is 12.5 Å². The zero-order valence-corrected chi connectivity index (χ0v) is 14.0. The molecular formula is C17H19ClN2O3. The number of benzene rings is 1. The highest BCUT2D eigenvalue weighted by molar-refractivity contribution is 6.30. The maximum atomic E-state index is 12.3. The van der Waals surface area contributed by atoms with Gasteiger partial charge in [-0.05, 0) is 44.2 Å². The number of carbonyl (C=O) groups is 2. The molecule has 122 valence electrons. The van der Waals surface area contributed by atoms with Crippen LogP contribution in [0.5, 0.6) is 0 Å². The number of aliphatic carboxylic acids is 1. The van der Waals surface area contributed by atoms with E-state index in [1.165, 1.54) is 0 Å². The number of nitrogens with one attached hydrogen (secondary N) is 1. The Bertz CT molecular complexity index is 735. The molecule has 0 spiro atoms. The maximum absolute atomic E-state index is 12.3. The molecule has 0 aliphatic carbocycles. The molecule has 1 aromatic heterocycles. The summed E-state index contributed by atoms with van der Waals surface area (Å²) in [6.45, 7) is 5.42. The summed E-state index contributed by atoms with van der Waals surface area (Å²) in [5, 5.41) is 12.2. The highest BCUT2D eigenvalue weighted by Gasteiger charge is 2.18. The predicted molar refractivity (Wildman–Crippen MR) is 89.4 cm³/mol. The van der Waals surface area contributed by atoms with Crippen LogP contribution >= 0.6 is 11.6 Å². The molecule has 1 aromatic carbocycles. The first-order valence-corrected chi connectivity index (χ1v) is 7.65. The van der Waals surface area contributed by atoms with Crippen molar-refractivity contribution >= 4 is 23.5 Å². The number of carboxylic acids is 1. The second-order valence-electron chi connectivity index (χ2n) is 5.55. The van der Waals surface area contributed by atoms with E-state index in [4.69, 9.17) is 16.7 Å². The van der Waals surface area contributed by atoms with Crippen LogP contribution in [0.15, 0.2) is 30.3 Å². The van der Waals surface area contributed by atoms with Crippen molar-refractivity contribution in [3.05, 3.63) is 52.3 Å². The molecule has 1 heterocycles. The standard InChI is InChI=1S/C17H19ClN2O3/c1-10(17(22)23)9-19-16(21)15-8-11(2)20(12(15)3)14-6-4-13(18)5-7-14/h4-8,10H,9H2,1-3H3,(H,19,21)(H,22,23). The third-order valence-electron chi connectivity index (χ3n) is 3.75. The minimum Gasteiger partial charge on any atom is -0.481 e. The van der Waals surface area contributed by atoms with Crippen molar-refractivity contribution in [3.8, 4) is 5.69 Å². The maximum Gasteiger partial charge on any atom is 0.308 e. The van der Waals surface area contributed by atoms with Gasteiger partial charge in [-0.3, -0.25) is 9.59 Å². The summed E-state index contributed by atoms with van der Waals surface area (Å²) < 4.78 is 1.96. The molecule has 5 nitrogen and oxygen atoms in total. The molecule has 6 heteroatoms. The molecule has 0 saturated carbocycles. The first-order chi connectivity index (χ1) is 10.8. The quantitative estimate of drug-likeness (QED) is 0.882. The molecule has 2 N–H and O–H groups in total. The van der Waals surface area contributed by atoms with Crippen molar-refractivity contribution in [2.45, 2.75) is 20.8 Å². The van der Waals surface area contributed by atoms with Gasteiger partial charge in [0.25, 0.3) is 5.91 Å². The van der Waals surface area contributed by atoms with Crippen molar-refractivity contribution in [3.63, 3.8) is 0 Å². The van der Waals surface area contributed by atoms with E-state index in [2.05, 4.69) is 5.32 Å². The van der Waals surface area contributed by atoms with E-state index in [9.17, 15) is 9.59 Å². The Balaban J connectivity index is 2.25. The lowest BCUT2D eigenvalue weighted by Gasteiger charge is -2.11. The number of aromatic nitrogens is 1. The monoisotopic (exact) mass is 334 g/mol. The predicted octanol–water partition coefficient (Wildman–Crippen LogP) is 3.20. The smallest absolute Gasteiger partial charge is 0.308 e. The number of carboxylic acid groups (broad SMARTS) is 1. The topological polar surface area (TPSA) is 71.3 Å². The highest BCUT2D eigenvalue weighted by Crippen LogP contribution is 2.22. The summed E-state index contributed by atoms with van der Waals surface area (Å²) in [4.78, 5) is 23.1. The molecule has 0 bridgehead atoms. The molecule has 1 amide bonds. The van der Waals surface area contributed by atoms with Crippen molar-refractivity contribution in [2.75, 3.05) is 6.54 Å². The van der Waals surface area contributed by atoms with Gasteiger partial charge in [0, 0.05) is 28.6 Å². The highest BCUT2D eigenvalue weighted by atomic mass is 35.5. The summed E-state index contributed by atoms with van der Waals surface area (Å²) in [5.74, 6) is -1.83. The molecular weight excluding hydrogens is 316 g/mol. The molecule has 0 radical (unpaired) electrons. The van der Waals surface area contributed by atoms with Gasteiger partial charge in [0.05, 0.1) is 11.5 Å². The van der Waals surface area contributed by atoms with Crippen LogP contribution in [-0.2, 0) is 4.79 Å². The minimum absolute atomic E-state index is 0.0960. The first kappa shape index (κ1) is 17.1. The fourth-order valence-corrected chi connectivity index (χ4v) is 2.53. The molecule has 1 atom stereocenters. The number of rotatable bonds is 5. The van der Waals surface area contributed by atoms with Crippen molar-refractivity contribution in [1.29, 1.82) is 0 Å². The molecule has 1 unspecified atom stereocenters. The lowest BCUT2D eigenvalue weighted by atomic mass is 10.1. The Hall–Kier alpha value is -2.27.